The van der Waals surface area contributed by atoms with Crippen LogP contribution in [0.15, 0.2) is 39.7 Å². The first-order valence-corrected chi connectivity index (χ1v) is 7.45. The number of nitrogens with zero attached hydrogens (tertiary/aromatic N) is 2. The van der Waals surface area contributed by atoms with Crippen LogP contribution < -0.4 is 15.6 Å². The molecule has 6 heteroatoms. The number of benzene rings is 1. The molecule has 5 nitrogen and oxygen atoms in total. The smallest absolute Gasteiger partial charge is 0.269 e. The molecule has 2 aromatic rings. The van der Waals surface area contributed by atoms with Gasteiger partial charge in [-0.1, -0.05) is 15.9 Å². The molecular weight excluding hydrogens is 334 g/mol. The summed E-state index contributed by atoms with van der Waals surface area (Å²) in [5.74, 6) is 0.749. The molecule has 0 radical (unpaired) electrons. The Bertz CT molecular complexity index is 683. The van der Waals surface area contributed by atoms with Gasteiger partial charge in [0.15, 0.2) is 0 Å². The third kappa shape index (κ3) is 4.07. The lowest BCUT2D eigenvalue weighted by Crippen LogP contribution is -2.24. The second-order valence-electron chi connectivity index (χ2n) is 5.00. The first-order chi connectivity index (χ1) is 9.99. The second kappa shape index (κ2) is 6.76. The van der Waals surface area contributed by atoms with E-state index in [2.05, 4.69) is 26.3 Å². The minimum absolute atomic E-state index is 0.143. The molecule has 2 rings (SSSR count). The van der Waals surface area contributed by atoms with E-state index >= 15 is 0 Å². The number of hydrogen-bond donors (Lipinski definition) is 1. The van der Waals surface area contributed by atoms with Gasteiger partial charge in [0.1, 0.15) is 5.75 Å². The fourth-order valence-corrected chi connectivity index (χ4v) is 2.30. The average Bonchev–Trinajstić information content (AvgIpc) is 2.43. The number of aromatic nitrogens is 2. The van der Waals surface area contributed by atoms with Crippen LogP contribution in [0.25, 0.3) is 0 Å². The van der Waals surface area contributed by atoms with E-state index in [1.165, 1.54) is 4.68 Å². The molecule has 1 N–H and O–H groups in total. The molecule has 112 valence electrons. The lowest BCUT2D eigenvalue weighted by atomic mass is 10.2. The second-order valence-corrected chi connectivity index (χ2v) is 5.85. The summed E-state index contributed by atoms with van der Waals surface area (Å²) < 4.78 is 7.54. The quantitative estimate of drug-likeness (QED) is 0.899. The highest BCUT2D eigenvalue weighted by atomic mass is 79.9. The molecular formula is C15H18BrN3O2. The number of halogens is 1. The highest BCUT2D eigenvalue weighted by Crippen LogP contribution is 2.22. The fraction of sp³-hybridized carbons (Fsp3) is 0.333. The number of hydrogen-bond acceptors (Lipinski definition) is 4. The van der Waals surface area contributed by atoms with Gasteiger partial charge in [0.2, 0.25) is 0 Å². The van der Waals surface area contributed by atoms with Gasteiger partial charge in [0.25, 0.3) is 5.56 Å². The Morgan fingerprint density at radius 3 is 2.76 bits per heavy atom. The van der Waals surface area contributed by atoms with Gasteiger partial charge in [-0.3, -0.25) is 4.79 Å². The van der Waals surface area contributed by atoms with Crippen molar-refractivity contribution < 1.29 is 4.74 Å². The van der Waals surface area contributed by atoms with Gasteiger partial charge in [-0.05, 0) is 37.6 Å². The summed E-state index contributed by atoms with van der Waals surface area (Å²) in [7, 11) is 1.61. The van der Waals surface area contributed by atoms with Crippen LogP contribution in [0, 0.1) is 0 Å². The van der Waals surface area contributed by atoms with Crippen molar-refractivity contribution >= 4 is 21.6 Å². The molecule has 0 saturated heterocycles. The SMILES string of the molecule is COc1ccc(Br)c(Cn2ncc(NC(C)C)cc2=O)c1. The van der Waals surface area contributed by atoms with Crippen molar-refractivity contribution in [1.82, 2.24) is 9.78 Å². The maximum Gasteiger partial charge on any atom is 0.269 e. The summed E-state index contributed by atoms with van der Waals surface area (Å²) in [5, 5.41) is 7.36. The van der Waals surface area contributed by atoms with Crippen molar-refractivity contribution in [1.29, 1.82) is 0 Å². The van der Waals surface area contributed by atoms with Crippen molar-refractivity contribution in [3.05, 3.63) is 50.9 Å². The Balaban J connectivity index is 2.26. The third-order valence-electron chi connectivity index (χ3n) is 2.90. The van der Waals surface area contributed by atoms with Gasteiger partial charge in [0.05, 0.1) is 25.5 Å². The van der Waals surface area contributed by atoms with E-state index in [4.69, 9.17) is 4.74 Å². The Labute approximate surface area is 132 Å². The molecule has 0 aliphatic carbocycles. The number of anilines is 1. The van der Waals surface area contributed by atoms with E-state index in [0.29, 0.717) is 6.54 Å². The molecule has 0 bridgehead atoms. The third-order valence-corrected chi connectivity index (χ3v) is 3.67. The number of ether oxygens (including phenoxy) is 1. The van der Waals surface area contributed by atoms with E-state index in [0.717, 1.165) is 21.5 Å². The summed E-state index contributed by atoms with van der Waals surface area (Å²) in [6.07, 6.45) is 1.66. The summed E-state index contributed by atoms with van der Waals surface area (Å²) >= 11 is 3.48. The summed E-state index contributed by atoms with van der Waals surface area (Å²) in [5.41, 5.74) is 1.53. The first-order valence-electron chi connectivity index (χ1n) is 6.65. The highest BCUT2D eigenvalue weighted by molar-refractivity contribution is 9.10. The van der Waals surface area contributed by atoms with E-state index in [1.807, 2.05) is 32.0 Å². The van der Waals surface area contributed by atoms with Crippen LogP contribution in [0.4, 0.5) is 5.69 Å². The Kier molecular flexibility index (Phi) is 5.01. The van der Waals surface area contributed by atoms with Crippen molar-refractivity contribution in [2.24, 2.45) is 0 Å². The normalized spacial score (nSPS) is 10.7. The zero-order valence-corrected chi connectivity index (χ0v) is 13.8. The Hall–Kier alpha value is -1.82. The first kappa shape index (κ1) is 15.6. The molecule has 0 fully saturated rings. The van der Waals surface area contributed by atoms with Gasteiger partial charge >= 0.3 is 0 Å². The summed E-state index contributed by atoms with van der Waals surface area (Å²) in [4.78, 5) is 12.1. The van der Waals surface area contributed by atoms with Gasteiger partial charge in [-0.2, -0.15) is 5.10 Å². The van der Waals surface area contributed by atoms with E-state index in [9.17, 15) is 4.79 Å². The minimum Gasteiger partial charge on any atom is -0.497 e. The van der Waals surface area contributed by atoms with E-state index in [-0.39, 0.29) is 11.6 Å². The van der Waals surface area contributed by atoms with Crippen molar-refractivity contribution in [3.63, 3.8) is 0 Å². The molecule has 0 unspecified atom stereocenters. The van der Waals surface area contributed by atoms with Crippen LogP contribution in [0.1, 0.15) is 19.4 Å². The average molecular weight is 352 g/mol. The topological polar surface area (TPSA) is 56.1 Å². The standard InChI is InChI=1S/C15H18BrN3O2/c1-10(2)18-12-7-15(20)19(17-8-12)9-11-6-13(21-3)4-5-14(11)16/h4-8,10,18H,9H2,1-3H3. The fourth-order valence-electron chi connectivity index (χ4n) is 1.93. The highest BCUT2D eigenvalue weighted by Gasteiger charge is 2.06. The molecule has 1 aromatic carbocycles. The van der Waals surface area contributed by atoms with Crippen LogP contribution in [-0.4, -0.2) is 22.9 Å². The number of methoxy groups -OCH3 is 1. The largest absolute Gasteiger partial charge is 0.497 e. The van der Waals surface area contributed by atoms with E-state index < -0.39 is 0 Å². The van der Waals surface area contributed by atoms with Crippen LogP contribution in [0.3, 0.4) is 0 Å². The number of nitrogens with one attached hydrogen (secondary N) is 1. The van der Waals surface area contributed by atoms with Gasteiger partial charge in [-0.25, -0.2) is 4.68 Å². The summed E-state index contributed by atoms with van der Waals surface area (Å²) in [6.45, 7) is 4.41. The van der Waals surface area contributed by atoms with Crippen molar-refractivity contribution in [3.8, 4) is 5.75 Å². The van der Waals surface area contributed by atoms with Crippen LogP contribution in [0.5, 0.6) is 5.75 Å². The van der Waals surface area contributed by atoms with Crippen molar-refractivity contribution in [2.45, 2.75) is 26.4 Å². The van der Waals surface area contributed by atoms with Crippen molar-refractivity contribution in [2.75, 3.05) is 12.4 Å². The lowest BCUT2D eigenvalue weighted by molar-refractivity contribution is 0.414. The summed E-state index contributed by atoms with van der Waals surface area (Å²) in [6, 6.07) is 7.46. The molecule has 1 aromatic heterocycles. The zero-order valence-electron chi connectivity index (χ0n) is 12.3. The molecule has 0 spiro atoms. The molecule has 0 amide bonds. The monoisotopic (exact) mass is 351 g/mol. The molecule has 1 heterocycles. The Morgan fingerprint density at radius 2 is 2.14 bits per heavy atom. The zero-order chi connectivity index (χ0) is 15.4. The Morgan fingerprint density at radius 1 is 1.38 bits per heavy atom. The van der Waals surface area contributed by atoms with Gasteiger partial charge in [-0.15, -0.1) is 0 Å². The molecule has 0 saturated carbocycles. The maximum atomic E-state index is 12.1. The molecule has 0 aliphatic rings. The molecule has 0 atom stereocenters. The van der Waals surface area contributed by atoms with E-state index in [1.54, 1.807) is 19.4 Å². The maximum absolute atomic E-state index is 12.1. The van der Waals surface area contributed by atoms with Crippen LogP contribution >= 0.6 is 15.9 Å². The van der Waals surface area contributed by atoms with Gasteiger partial charge < -0.3 is 10.1 Å². The predicted molar refractivity (Wildman–Crippen MR) is 87.1 cm³/mol. The predicted octanol–water partition coefficient (Wildman–Crippen LogP) is 2.88. The van der Waals surface area contributed by atoms with Crippen LogP contribution in [0.2, 0.25) is 0 Å². The molecule has 0 aliphatic heterocycles. The lowest BCUT2D eigenvalue weighted by Gasteiger charge is -2.11. The van der Waals surface area contributed by atoms with Crippen LogP contribution in [-0.2, 0) is 6.54 Å². The number of rotatable bonds is 5. The van der Waals surface area contributed by atoms with Gasteiger partial charge in [0, 0.05) is 16.6 Å². The minimum atomic E-state index is -0.143. The molecule has 21 heavy (non-hydrogen) atoms.